The Morgan fingerprint density at radius 1 is 1.30 bits per heavy atom. The van der Waals surface area contributed by atoms with Crippen LogP contribution in [0.3, 0.4) is 0 Å². The Hall–Kier alpha value is -2.37. The average molecular weight is 279 g/mol. The highest BCUT2D eigenvalue weighted by atomic mass is 16.6. The second-order valence-corrected chi connectivity index (χ2v) is 5.15. The van der Waals surface area contributed by atoms with E-state index in [4.69, 9.17) is 9.47 Å². The number of methoxy groups -OCH3 is 1. The molecule has 6 heteroatoms. The fourth-order valence-corrected chi connectivity index (χ4v) is 1.27. The van der Waals surface area contributed by atoms with Gasteiger partial charge in [-0.1, -0.05) is 6.07 Å². The van der Waals surface area contributed by atoms with Crippen molar-refractivity contribution >= 4 is 12.0 Å². The molecule has 1 aromatic carbocycles. The van der Waals surface area contributed by atoms with Gasteiger partial charge < -0.3 is 9.47 Å². The molecule has 6 nitrogen and oxygen atoms in total. The van der Waals surface area contributed by atoms with Crippen LogP contribution in [0.1, 0.15) is 26.3 Å². The quantitative estimate of drug-likeness (QED) is 0.366. The first kappa shape index (κ1) is 15.7. The normalized spacial score (nSPS) is 11.4. The predicted octanol–water partition coefficient (Wildman–Crippen LogP) is 2.89. The van der Waals surface area contributed by atoms with Gasteiger partial charge in [-0.15, -0.1) is 0 Å². The fourth-order valence-electron chi connectivity index (χ4n) is 1.27. The molecule has 20 heavy (non-hydrogen) atoms. The molecule has 0 aliphatic carbocycles. The molecule has 108 valence electrons. The number of esters is 1. The molecular weight excluding hydrogens is 262 g/mol. The SMILES string of the molecule is COc1cc(C=C[N+](=O)[O-])ccc1OC(=O)C(C)(C)C. The van der Waals surface area contributed by atoms with E-state index in [0.29, 0.717) is 11.3 Å². The maximum atomic E-state index is 11.8. The van der Waals surface area contributed by atoms with Gasteiger partial charge in [0.25, 0.3) is 0 Å². The number of nitrogens with zero attached hydrogens (tertiary/aromatic N) is 1. The summed E-state index contributed by atoms with van der Waals surface area (Å²) < 4.78 is 10.4. The summed E-state index contributed by atoms with van der Waals surface area (Å²) in [5.41, 5.74) is -0.0519. The van der Waals surface area contributed by atoms with Crippen LogP contribution in [-0.4, -0.2) is 18.0 Å². The van der Waals surface area contributed by atoms with Crippen LogP contribution in [0.2, 0.25) is 0 Å². The van der Waals surface area contributed by atoms with Gasteiger partial charge in [0.05, 0.1) is 17.4 Å². The van der Waals surface area contributed by atoms with E-state index in [1.807, 2.05) is 0 Å². The molecule has 0 aliphatic rings. The van der Waals surface area contributed by atoms with Crippen molar-refractivity contribution in [2.45, 2.75) is 20.8 Å². The summed E-state index contributed by atoms with van der Waals surface area (Å²) in [5.74, 6) is 0.239. The van der Waals surface area contributed by atoms with Crippen LogP contribution in [0.25, 0.3) is 6.08 Å². The molecule has 1 rings (SSSR count). The van der Waals surface area contributed by atoms with Crippen molar-refractivity contribution in [3.63, 3.8) is 0 Å². The van der Waals surface area contributed by atoms with Crippen molar-refractivity contribution < 1.29 is 19.2 Å². The van der Waals surface area contributed by atoms with E-state index in [0.717, 1.165) is 6.20 Å². The number of rotatable bonds is 4. The molecule has 0 heterocycles. The zero-order valence-electron chi connectivity index (χ0n) is 11.9. The number of hydrogen-bond donors (Lipinski definition) is 0. The minimum Gasteiger partial charge on any atom is -0.493 e. The number of ether oxygens (including phenoxy) is 2. The Morgan fingerprint density at radius 3 is 2.45 bits per heavy atom. The summed E-state index contributed by atoms with van der Waals surface area (Å²) in [5, 5.41) is 10.3. The standard InChI is InChI=1S/C14H17NO5/c1-14(2,3)13(16)20-11-6-5-10(7-8-15(17)18)9-12(11)19-4/h5-9H,1-4H3. The zero-order chi connectivity index (χ0) is 15.3. The van der Waals surface area contributed by atoms with Crippen molar-refractivity contribution in [3.05, 3.63) is 40.1 Å². The molecule has 0 aliphatic heterocycles. The van der Waals surface area contributed by atoms with Gasteiger partial charge in [-0.2, -0.15) is 0 Å². The number of carbonyl (C=O) groups is 1. The molecule has 1 aromatic rings. The maximum absolute atomic E-state index is 11.8. The average Bonchev–Trinajstić information content (AvgIpc) is 2.36. The van der Waals surface area contributed by atoms with E-state index in [9.17, 15) is 14.9 Å². The second kappa shape index (κ2) is 6.18. The summed E-state index contributed by atoms with van der Waals surface area (Å²) in [7, 11) is 1.44. The molecule has 0 aromatic heterocycles. The molecule has 0 bridgehead atoms. The predicted molar refractivity (Wildman–Crippen MR) is 74.1 cm³/mol. The van der Waals surface area contributed by atoms with Gasteiger partial charge in [0.1, 0.15) is 0 Å². The lowest BCUT2D eigenvalue weighted by Crippen LogP contribution is -2.25. The summed E-state index contributed by atoms with van der Waals surface area (Å²) in [6.45, 7) is 5.24. The molecule has 0 fully saturated rings. The third-order valence-electron chi connectivity index (χ3n) is 2.39. The van der Waals surface area contributed by atoms with Crippen LogP contribution in [0.4, 0.5) is 0 Å². The summed E-state index contributed by atoms with van der Waals surface area (Å²) in [4.78, 5) is 21.5. The Morgan fingerprint density at radius 2 is 1.95 bits per heavy atom. The van der Waals surface area contributed by atoms with Crippen molar-refractivity contribution in [2.24, 2.45) is 5.41 Å². The molecular formula is C14H17NO5. The van der Waals surface area contributed by atoms with Crippen LogP contribution in [0, 0.1) is 15.5 Å². The highest BCUT2D eigenvalue weighted by molar-refractivity contribution is 5.78. The van der Waals surface area contributed by atoms with Crippen molar-refractivity contribution in [1.82, 2.24) is 0 Å². The Balaban J connectivity index is 3.00. The number of hydrogen-bond acceptors (Lipinski definition) is 5. The van der Waals surface area contributed by atoms with Crippen LogP contribution >= 0.6 is 0 Å². The van der Waals surface area contributed by atoms with E-state index in [1.165, 1.54) is 13.2 Å². The van der Waals surface area contributed by atoms with Gasteiger partial charge in [0.2, 0.25) is 6.20 Å². The zero-order valence-corrected chi connectivity index (χ0v) is 11.9. The van der Waals surface area contributed by atoms with Gasteiger partial charge in [-0.3, -0.25) is 14.9 Å². The van der Waals surface area contributed by atoms with Crippen LogP contribution in [0.15, 0.2) is 24.4 Å². The first-order valence-corrected chi connectivity index (χ1v) is 5.96. The molecule has 0 saturated heterocycles. The smallest absolute Gasteiger partial charge is 0.316 e. The maximum Gasteiger partial charge on any atom is 0.316 e. The minimum absolute atomic E-state index is 0.283. The third-order valence-corrected chi connectivity index (χ3v) is 2.39. The van der Waals surface area contributed by atoms with Crippen LogP contribution in [0.5, 0.6) is 11.5 Å². The summed E-state index contributed by atoms with van der Waals surface area (Å²) >= 11 is 0. The van der Waals surface area contributed by atoms with E-state index < -0.39 is 10.3 Å². The van der Waals surface area contributed by atoms with E-state index in [-0.39, 0.29) is 11.7 Å². The first-order chi connectivity index (χ1) is 9.24. The van der Waals surface area contributed by atoms with Crippen molar-refractivity contribution in [3.8, 4) is 11.5 Å². The van der Waals surface area contributed by atoms with Crippen molar-refractivity contribution in [2.75, 3.05) is 7.11 Å². The van der Waals surface area contributed by atoms with Gasteiger partial charge in [-0.25, -0.2) is 0 Å². The van der Waals surface area contributed by atoms with E-state index in [2.05, 4.69) is 0 Å². The van der Waals surface area contributed by atoms with Gasteiger partial charge in [0.15, 0.2) is 11.5 Å². The van der Waals surface area contributed by atoms with Gasteiger partial charge >= 0.3 is 5.97 Å². The number of nitro groups is 1. The molecule has 0 amide bonds. The topological polar surface area (TPSA) is 78.7 Å². The fraction of sp³-hybridized carbons (Fsp3) is 0.357. The monoisotopic (exact) mass is 279 g/mol. The number of carbonyl (C=O) groups excluding carboxylic acids is 1. The molecule has 0 spiro atoms. The molecule has 0 saturated carbocycles. The lowest BCUT2D eigenvalue weighted by atomic mass is 9.97. The van der Waals surface area contributed by atoms with Crippen molar-refractivity contribution in [1.29, 1.82) is 0 Å². The highest BCUT2D eigenvalue weighted by Gasteiger charge is 2.24. The Bertz CT molecular complexity index is 543. The molecule has 0 radical (unpaired) electrons. The molecule has 0 N–H and O–H groups in total. The number of benzene rings is 1. The molecule has 0 unspecified atom stereocenters. The Kier molecular flexibility index (Phi) is 4.85. The highest BCUT2D eigenvalue weighted by Crippen LogP contribution is 2.30. The lowest BCUT2D eigenvalue weighted by Gasteiger charge is -2.17. The second-order valence-electron chi connectivity index (χ2n) is 5.15. The minimum atomic E-state index is -0.630. The van der Waals surface area contributed by atoms with E-state index in [1.54, 1.807) is 39.0 Å². The molecule has 0 atom stereocenters. The first-order valence-electron chi connectivity index (χ1n) is 5.96. The van der Waals surface area contributed by atoms with E-state index >= 15 is 0 Å². The lowest BCUT2D eigenvalue weighted by molar-refractivity contribution is -0.400. The van der Waals surface area contributed by atoms with Gasteiger partial charge in [0, 0.05) is 6.08 Å². The summed E-state index contributed by atoms with van der Waals surface area (Å²) in [6.07, 6.45) is 2.16. The largest absolute Gasteiger partial charge is 0.493 e. The third kappa shape index (κ3) is 4.38. The van der Waals surface area contributed by atoms with Gasteiger partial charge in [-0.05, 0) is 38.5 Å². The summed E-state index contributed by atoms with van der Waals surface area (Å²) in [6, 6.07) is 4.71. The van der Waals surface area contributed by atoms with Crippen LogP contribution < -0.4 is 9.47 Å². The van der Waals surface area contributed by atoms with Crippen LogP contribution in [-0.2, 0) is 4.79 Å². The Labute approximate surface area is 117 Å².